The first-order valence-electron chi connectivity index (χ1n) is 9.70. The Morgan fingerprint density at radius 3 is 2.66 bits per heavy atom. The molecule has 4 aromatic rings. The highest BCUT2D eigenvalue weighted by molar-refractivity contribution is 7.99. The monoisotopic (exact) mass is 485 g/mol. The number of thioether (sulfide) groups is 1. The quantitative estimate of drug-likeness (QED) is 0.345. The van der Waals surface area contributed by atoms with Crippen LogP contribution in [0.4, 0.5) is 5.13 Å². The topological polar surface area (TPSA) is 81.9 Å². The van der Waals surface area contributed by atoms with Crippen LogP contribution in [0.3, 0.4) is 0 Å². The molecule has 1 amide bonds. The average molecular weight is 486 g/mol. The molecule has 164 valence electrons. The van der Waals surface area contributed by atoms with Gasteiger partial charge in [0.05, 0.1) is 11.4 Å². The Balaban J connectivity index is 1.29. The zero-order valence-corrected chi connectivity index (χ0v) is 19.8. The van der Waals surface area contributed by atoms with E-state index in [1.165, 1.54) is 28.7 Å². The average Bonchev–Trinajstić information content (AvgIpc) is 3.39. The van der Waals surface area contributed by atoms with Crippen molar-refractivity contribution in [2.45, 2.75) is 18.7 Å². The van der Waals surface area contributed by atoms with Gasteiger partial charge < -0.3 is 14.6 Å². The first-order chi connectivity index (χ1) is 15.5. The molecule has 0 saturated carbocycles. The number of nitrogens with one attached hydrogen (secondary N) is 1. The fourth-order valence-electron chi connectivity index (χ4n) is 2.75. The van der Waals surface area contributed by atoms with E-state index in [2.05, 4.69) is 20.5 Å². The zero-order valence-electron chi connectivity index (χ0n) is 17.4. The maximum Gasteiger partial charge on any atom is 0.236 e. The number of rotatable bonds is 8. The molecule has 0 saturated heterocycles. The van der Waals surface area contributed by atoms with E-state index in [4.69, 9.17) is 16.3 Å². The second-order valence-electron chi connectivity index (χ2n) is 6.94. The minimum atomic E-state index is -0.160. The van der Waals surface area contributed by atoms with Gasteiger partial charge in [-0.25, -0.2) is 4.98 Å². The van der Waals surface area contributed by atoms with Crippen molar-refractivity contribution in [3.63, 3.8) is 0 Å². The molecule has 0 aliphatic rings. The lowest BCUT2D eigenvalue weighted by molar-refractivity contribution is -0.113. The normalized spacial score (nSPS) is 10.8. The van der Waals surface area contributed by atoms with Gasteiger partial charge in [0.15, 0.2) is 16.1 Å². The summed E-state index contributed by atoms with van der Waals surface area (Å²) in [6.45, 7) is 2.32. The number of benzene rings is 2. The highest BCUT2D eigenvalue weighted by Crippen LogP contribution is 2.26. The van der Waals surface area contributed by atoms with Crippen LogP contribution in [0, 0.1) is 6.92 Å². The Labute approximate surface area is 198 Å². The number of carbonyl (C=O) groups is 1. The second-order valence-corrected chi connectivity index (χ2v) is 9.18. The summed E-state index contributed by atoms with van der Waals surface area (Å²) in [5.41, 5.74) is 2.91. The minimum absolute atomic E-state index is 0.160. The van der Waals surface area contributed by atoms with E-state index in [1.807, 2.05) is 72.4 Å². The fourth-order valence-corrected chi connectivity index (χ4v) is 4.34. The maximum atomic E-state index is 12.4. The van der Waals surface area contributed by atoms with Crippen LogP contribution in [-0.4, -0.2) is 31.4 Å². The van der Waals surface area contributed by atoms with Crippen LogP contribution in [0.5, 0.6) is 5.75 Å². The van der Waals surface area contributed by atoms with Gasteiger partial charge in [-0.3, -0.25) is 4.79 Å². The molecule has 7 nitrogen and oxygen atoms in total. The van der Waals surface area contributed by atoms with Gasteiger partial charge >= 0.3 is 0 Å². The molecular formula is C22H20ClN5O2S2. The van der Waals surface area contributed by atoms with E-state index in [0.717, 1.165) is 17.0 Å². The van der Waals surface area contributed by atoms with Crippen LogP contribution in [0.25, 0.3) is 11.3 Å². The predicted molar refractivity (Wildman–Crippen MR) is 128 cm³/mol. The molecule has 2 heterocycles. The van der Waals surface area contributed by atoms with E-state index in [0.29, 0.717) is 27.7 Å². The number of amides is 1. The molecule has 0 atom stereocenters. The van der Waals surface area contributed by atoms with Gasteiger partial charge in [0.2, 0.25) is 5.91 Å². The first-order valence-corrected chi connectivity index (χ1v) is 11.9. The Morgan fingerprint density at radius 2 is 1.91 bits per heavy atom. The summed E-state index contributed by atoms with van der Waals surface area (Å²) < 4.78 is 7.59. The summed E-state index contributed by atoms with van der Waals surface area (Å²) in [5, 5.41) is 14.9. The number of carbonyl (C=O) groups excluding carboxylic acids is 1. The molecule has 0 spiro atoms. The molecule has 2 aromatic heterocycles. The van der Waals surface area contributed by atoms with Gasteiger partial charge in [0.25, 0.3) is 0 Å². The van der Waals surface area contributed by atoms with Crippen molar-refractivity contribution in [2.24, 2.45) is 7.05 Å². The Kier molecular flexibility index (Phi) is 7.09. The number of nitrogens with zero attached hydrogens (tertiary/aromatic N) is 4. The summed E-state index contributed by atoms with van der Waals surface area (Å²) in [7, 11) is 1.85. The van der Waals surface area contributed by atoms with Crippen molar-refractivity contribution in [3.8, 4) is 17.0 Å². The van der Waals surface area contributed by atoms with Crippen LogP contribution >= 0.6 is 34.7 Å². The smallest absolute Gasteiger partial charge is 0.236 e. The first kappa shape index (κ1) is 22.3. The lowest BCUT2D eigenvalue weighted by Gasteiger charge is -2.07. The highest BCUT2D eigenvalue weighted by Gasteiger charge is 2.13. The van der Waals surface area contributed by atoms with Crippen LogP contribution < -0.4 is 10.1 Å². The number of hydrogen-bond donors (Lipinski definition) is 1. The molecule has 10 heteroatoms. The summed E-state index contributed by atoms with van der Waals surface area (Å²) in [4.78, 5) is 16.8. The molecule has 4 rings (SSSR count). The van der Waals surface area contributed by atoms with E-state index in [1.54, 1.807) is 0 Å². The van der Waals surface area contributed by atoms with Crippen LogP contribution in [0.2, 0.25) is 5.02 Å². The van der Waals surface area contributed by atoms with Crippen molar-refractivity contribution < 1.29 is 9.53 Å². The number of ether oxygens (including phenoxy) is 1. The Hall–Kier alpha value is -2.88. The predicted octanol–water partition coefficient (Wildman–Crippen LogP) is 5.21. The number of thiazole rings is 1. The third-order valence-corrected chi connectivity index (χ3v) is 6.57. The number of anilines is 1. The second kappa shape index (κ2) is 10.2. The molecule has 0 bridgehead atoms. The van der Waals surface area contributed by atoms with Crippen molar-refractivity contribution >= 4 is 45.7 Å². The molecule has 0 aliphatic carbocycles. The zero-order chi connectivity index (χ0) is 22.5. The molecule has 0 fully saturated rings. The maximum absolute atomic E-state index is 12.4. The molecule has 1 N–H and O–H groups in total. The molecule has 2 aromatic carbocycles. The Bertz CT molecular complexity index is 1210. The Morgan fingerprint density at radius 1 is 1.16 bits per heavy atom. The lowest BCUT2D eigenvalue weighted by Crippen LogP contribution is -2.14. The van der Waals surface area contributed by atoms with Gasteiger partial charge in [-0.2, -0.15) is 0 Å². The van der Waals surface area contributed by atoms with Crippen molar-refractivity contribution in [1.82, 2.24) is 19.7 Å². The van der Waals surface area contributed by atoms with Gasteiger partial charge in [0.1, 0.15) is 12.4 Å². The summed E-state index contributed by atoms with van der Waals surface area (Å²) in [5.74, 6) is 1.49. The standard InChI is InChI=1S/C22H20ClN5O2S2/c1-14-3-9-17(10-4-14)30-11-19-26-27-22(28(19)2)32-13-20(29)25-21-24-18(12-31-21)15-5-7-16(23)8-6-15/h3-10,12H,11,13H2,1-2H3,(H,24,25,29). The molecule has 0 aliphatic heterocycles. The number of aryl methyl sites for hydroxylation is 1. The van der Waals surface area contributed by atoms with Crippen LogP contribution in [0.1, 0.15) is 11.4 Å². The molecule has 32 heavy (non-hydrogen) atoms. The van der Waals surface area contributed by atoms with Gasteiger partial charge in [-0.15, -0.1) is 21.5 Å². The van der Waals surface area contributed by atoms with E-state index < -0.39 is 0 Å². The lowest BCUT2D eigenvalue weighted by atomic mass is 10.2. The van der Waals surface area contributed by atoms with Crippen LogP contribution in [-0.2, 0) is 18.4 Å². The number of halogens is 1. The summed E-state index contributed by atoms with van der Waals surface area (Å²) >= 11 is 8.61. The summed E-state index contributed by atoms with van der Waals surface area (Å²) in [6.07, 6.45) is 0. The SMILES string of the molecule is Cc1ccc(OCc2nnc(SCC(=O)Nc3nc(-c4ccc(Cl)cc4)cs3)n2C)cc1. The largest absolute Gasteiger partial charge is 0.486 e. The summed E-state index contributed by atoms with van der Waals surface area (Å²) in [6, 6.07) is 15.2. The van der Waals surface area contributed by atoms with Gasteiger partial charge in [-0.1, -0.05) is 53.2 Å². The molecule has 0 radical (unpaired) electrons. The van der Waals surface area contributed by atoms with E-state index in [-0.39, 0.29) is 11.7 Å². The number of hydrogen-bond acceptors (Lipinski definition) is 7. The van der Waals surface area contributed by atoms with Crippen molar-refractivity contribution in [3.05, 3.63) is 70.3 Å². The molecule has 0 unspecified atom stereocenters. The van der Waals surface area contributed by atoms with E-state index >= 15 is 0 Å². The third-order valence-electron chi connectivity index (χ3n) is 4.54. The van der Waals surface area contributed by atoms with Gasteiger partial charge in [-0.05, 0) is 31.2 Å². The van der Waals surface area contributed by atoms with Gasteiger partial charge in [0, 0.05) is 23.0 Å². The van der Waals surface area contributed by atoms with Crippen LogP contribution in [0.15, 0.2) is 59.1 Å². The highest BCUT2D eigenvalue weighted by atomic mass is 35.5. The van der Waals surface area contributed by atoms with E-state index in [9.17, 15) is 4.79 Å². The molecular weight excluding hydrogens is 466 g/mol. The third kappa shape index (κ3) is 5.67. The van der Waals surface area contributed by atoms with Crippen molar-refractivity contribution in [1.29, 1.82) is 0 Å². The minimum Gasteiger partial charge on any atom is -0.486 e. The number of aromatic nitrogens is 4. The van der Waals surface area contributed by atoms with Crippen molar-refractivity contribution in [2.75, 3.05) is 11.1 Å². The fraction of sp³-hybridized carbons (Fsp3) is 0.182.